The van der Waals surface area contributed by atoms with E-state index in [1.54, 1.807) is 0 Å². The summed E-state index contributed by atoms with van der Waals surface area (Å²) in [5.41, 5.74) is 1.81. The van der Waals surface area contributed by atoms with E-state index in [9.17, 15) is 9.36 Å². The molecule has 6 nitrogen and oxygen atoms in total. The third kappa shape index (κ3) is 3.18. The molecule has 0 radical (unpaired) electrons. The number of hydrogen-bond donors (Lipinski definition) is 4. The average Bonchev–Trinajstić information content (AvgIpc) is 2.67. The topological polar surface area (TPSA) is 107 Å². The number of carboxylic acids is 1. The molecule has 0 bridgehead atoms. The van der Waals surface area contributed by atoms with Gasteiger partial charge in [0.2, 0.25) is 0 Å². The van der Waals surface area contributed by atoms with Crippen molar-refractivity contribution in [2.75, 3.05) is 6.16 Å². The summed E-state index contributed by atoms with van der Waals surface area (Å²) in [6, 6.07) is -0.610. The highest BCUT2D eigenvalue weighted by Crippen LogP contribution is 2.37. The molecule has 1 aliphatic rings. The maximum atomic E-state index is 10.9. The molecule has 0 saturated heterocycles. The predicted molar refractivity (Wildman–Crippen MR) is 66.9 cm³/mol. The molecule has 18 heavy (non-hydrogen) atoms. The van der Waals surface area contributed by atoms with E-state index in [1.165, 1.54) is 11.3 Å². The number of fused-ring (bicyclic) bond motifs is 1. The van der Waals surface area contributed by atoms with E-state index in [2.05, 4.69) is 5.32 Å². The third-order valence-corrected chi connectivity index (χ3v) is 4.84. The highest BCUT2D eigenvalue weighted by molar-refractivity contribution is 7.51. The van der Waals surface area contributed by atoms with Crippen LogP contribution in [0.5, 0.6) is 0 Å². The quantitative estimate of drug-likeness (QED) is 0.604. The molecule has 0 spiro atoms. The lowest BCUT2D eigenvalue weighted by Gasteiger charge is -2.21. The fraction of sp³-hybridized carbons (Fsp3) is 0.500. The number of carboxylic acid groups (broad SMARTS) is 1. The Morgan fingerprint density at radius 2 is 2.28 bits per heavy atom. The molecule has 1 aliphatic heterocycles. The van der Waals surface area contributed by atoms with Crippen LogP contribution in [0.3, 0.4) is 0 Å². The first kappa shape index (κ1) is 13.7. The normalized spacial score (nSPS) is 19.6. The molecule has 4 N–H and O–H groups in total. The minimum absolute atomic E-state index is 0.193. The number of carbonyl (C=O) groups is 1. The zero-order valence-corrected chi connectivity index (χ0v) is 11.2. The van der Waals surface area contributed by atoms with E-state index in [4.69, 9.17) is 14.9 Å². The van der Waals surface area contributed by atoms with Crippen LogP contribution in [0.25, 0.3) is 0 Å². The van der Waals surface area contributed by atoms with Crippen LogP contribution in [0, 0.1) is 0 Å². The Morgan fingerprint density at radius 1 is 1.56 bits per heavy atom. The summed E-state index contributed by atoms with van der Waals surface area (Å²) in [5, 5.41) is 13.8. The molecule has 100 valence electrons. The maximum absolute atomic E-state index is 10.9. The van der Waals surface area contributed by atoms with Crippen molar-refractivity contribution in [2.45, 2.75) is 25.4 Å². The van der Waals surface area contributed by atoms with Gasteiger partial charge in [-0.1, -0.05) is 0 Å². The summed E-state index contributed by atoms with van der Waals surface area (Å²) in [6.07, 6.45) is 0.481. The monoisotopic (exact) mass is 291 g/mol. The van der Waals surface area contributed by atoms with Crippen LogP contribution in [-0.4, -0.2) is 33.1 Å². The van der Waals surface area contributed by atoms with E-state index in [0.29, 0.717) is 19.4 Å². The van der Waals surface area contributed by atoms with Crippen molar-refractivity contribution in [1.29, 1.82) is 0 Å². The lowest BCUT2D eigenvalue weighted by molar-refractivity contribution is -0.139. The minimum atomic E-state index is -4.00. The largest absolute Gasteiger partial charge is 0.480 e. The van der Waals surface area contributed by atoms with Crippen LogP contribution in [0.15, 0.2) is 5.38 Å². The molecule has 2 rings (SSSR count). The Kier molecular flexibility index (Phi) is 3.89. The highest BCUT2D eigenvalue weighted by Gasteiger charge is 2.27. The lowest BCUT2D eigenvalue weighted by Crippen LogP contribution is -2.41. The van der Waals surface area contributed by atoms with Crippen LogP contribution >= 0.6 is 18.9 Å². The van der Waals surface area contributed by atoms with Crippen molar-refractivity contribution < 1.29 is 24.3 Å². The standard InChI is InChI=1S/C10H14NO5PS/c12-10(13)8-3-7-6(1-2-17(14,15)16)5-18-9(7)4-11-8/h5,8,11H,1-4H2,(H,12,13)(H2,14,15,16). The molecule has 0 aliphatic carbocycles. The minimum Gasteiger partial charge on any atom is -0.480 e. The first-order chi connectivity index (χ1) is 8.37. The molecule has 0 saturated carbocycles. The summed E-state index contributed by atoms with van der Waals surface area (Å²) in [7, 11) is -4.00. The zero-order valence-electron chi connectivity index (χ0n) is 9.50. The van der Waals surface area contributed by atoms with Gasteiger partial charge in [-0.05, 0) is 29.3 Å². The van der Waals surface area contributed by atoms with Crippen LogP contribution < -0.4 is 5.32 Å². The first-order valence-electron chi connectivity index (χ1n) is 5.45. The Bertz CT molecular complexity index is 508. The summed E-state index contributed by atoms with van der Waals surface area (Å²) in [5.74, 6) is -0.896. The van der Waals surface area contributed by atoms with Gasteiger partial charge < -0.3 is 14.9 Å². The first-order valence-corrected chi connectivity index (χ1v) is 8.13. The second kappa shape index (κ2) is 5.11. The van der Waals surface area contributed by atoms with E-state index in [-0.39, 0.29) is 6.16 Å². The molecule has 2 heterocycles. The maximum Gasteiger partial charge on any atom is 0.325 e. The van der Waals surface area contributed by atoms with Gasteiger partial charge in [0.05, 0.1) is 6.16 Å². The molecule has 0 amide bonds. The fourth-order valence-corrected chi connectivity index (χ4v) is 3.60. The van der Waals surface area contributed by atoms with Crippen molar-refractivity contribution in [1.82, 2.24) is 5.32 Å². The predicted octanol–water partition coefficient (Wildman–Crippen LogP) is 0.567. The molecule has 8 heteroatoms. The summed E-state index contributed by atoms with van der Waals surface area (Å²) < 4.78 is 10.9. The van der Waals surface area contributed by atoms with Gasteiger partial charge in [-0.25, -0.2) is 0 Å². The molecule has 0 fully saturated rings. The van der Waals surface area contributed by atoms with Gasteiger partial charge >= 0.3 is 13.6 Å². The van der Waals surface area contributed by atoms with E-state index < -0.39 is 19.6 Å². The number of aliphatic carboxylic acids is 1. The van der Waals surface area contributed by atoms with Crippen LogP contribution in [0.1, 0.15) is 16.0 Å². The molecule has 1 unspecified atom stereocenters. The second-order valence-corrected chi connectivity index (χ2v) is 7.02. The van der Waals surface area contributed by atoms with Crippen molar-refractivity contribution in [3.63, 3.8) is 0 Å². The van der Waals surface area contributed by atoms with Gasteiger partial charge in [-0.2, -0.15) is 0 Å². The Labute approximate surface area is 108 Å². The summed E-state index contributed by atoms with van der Waals surface area (Å²) in [6.45, 7) is 0.507. The van der Waals surface area contributed by atoms with E-state index in [1.807, 2.05) is 5.38 Å². The molecule has 1 aromatic heterocycles. The second-order valence-electron chi connectivity index (χ2n) is 4.28. The Balaban J connectivity index is 2.13. The number of hydrogen-bond acceptors (Lipinski definition) is 4. The van der Waals surface area contributed by atoms with Crippen LogP contribution in [0.2, 0.25) is 0 Å². The fourth-order valence-electron chi connectivity index (χ4n) is 2.00. The average molecular weight is 291 g/mol. The van der Waals surface area contributed by atoms with Crippen LogP contribution in [0.4, 0.5) is 0 Å². The third-order valence-electron chi connectivity index (χ3n) is 2.96. The number of aryl methyl sites for hydroxylation is 1. The van der Waals surface area contributed by atoms with Crippen molar-refractivity contribution >= 4 is 24.9 Å². The van der Waals surface area contributed by atoms with E-state index in [0.717, 1.165) is 16.0 Å². The summed E-state index contributed by atoms with van der Waals surface area (Å²) in [4.78, 5) is 29.7. The van der Waals surface area contributed by atoms with Gasteiger partial charge in [0, 0.05) is 11.4 Å². The molecule has 0 aromatic carbocycles. The number of nitrogens with one attached hydrogen (secondary N) is 1. The smallest absolute Gasteiger partial charge is 0.325 e. The van der Waals surface area contributed by atoms with Gasteiger partial charge in [0.1, 0.15) is 6.04 Å². The molecular weight excluding hydrogens is 277 g/mol. The van der Waals surface area contributed by atoms with Crippen molar-refractivity contribution in [2.24, 2.45) is 0 Å². The van der Waals surface area contributed by atoms with Gasteiger partial charge in [-0.15, -0.1) is 11.3 Å². The van der Waals surface area contributed by atoms with Gasteiger partial charge in [-0.3, -0.25) is 14.7 Å². The van der Waals surface area contributed by atoms with Gasteiger partial charge in [0.15, 0.2) is 0 Å². The van der Waals surface area contributed by atoms with Crippen LogP contribution in [-0.2, 0) is 28.7 Å². The lowest BCUT2D eigenvalue weighted by atomic mass is 9.97. The molecular formula is C10H14NO5PS. The Morgan fingerprint density at radius 3 is 2.89 bits per heavy atom. The zero-order chi connectivity index (χ0) is 13.3. The molecule has 1 aromatic rings. The SMILES string of the molecule is O=C(O)C1Cc2c(CCP(=O)(O)O)csc2CN1. The number of rotatable bonds is 4. The molecule has 1 atom stereocenters. The Hall–Kier alpha value is -0.720. The van der Waals surface area contributed by atoms with Crippen molar-refractivity contribution in [3.05, 3.63) is 21.4 Å². The summed E-state index contributed by atoms with van der Waals surface area (Å²) >= 11 is 1.51. The van der Waals surface area contributed by atoms with Crippen molar-refractivity contribution in [3.8, 4) is 0 Å². The highest BCUT2D eigenvalue weighted by atomic mass is 32.1. The number of thiophene rings is 1. The van der Waals surface area contributed by atoms with Gasteiger partial charge in [0.25, 0.3) is 0 Å². The van der Waals surface area contributed by atoms with E-state index >= 15 is 0 Å².